The van der Waals surface area contributed by atoms with Crippen LogP contribution < -0.4 is 10.6 Å². The zero-order valence-electron chi connectivity index (χ0n) is 14.4. The van der Waals surface area contributed by atoms with Gasteiger partial charge in [0.2, 0.25) is 0 Å². The summed E-state index contributed by atoms with van der Waals surface area (Å²) >= 11 is 0. The molecule has 6 nitrogen and oxygen atoms in total. The van der Waals surface area contributed by atoms with Crippen LogP contribution in [0.25, 0.3) is 10.9 Å². The van der Waals surface area contributed by atoms with Crippen molar-refractivity contribution in [2.75, 3.05) is 10.6 Å². The molecular weight excluding hydrogens is 364 g/mol. The predicted octanol–water partition coefficient (Wildman–Crippen LogP) is 4.30. The molecule has 2 heterocycles. The third-order valence-corrected chi connectivity index (χ3v) is 3.97. The number of rotatable bonds is 4. The molecule has 2 N–H and O–H groups in total. The number of amides is 1. The lowest BCUT2D eigenvalue weighted by molar-refractivity contribution is 0.102. The van der Waals surface area contributed by atoms with Crippen LogP contribution in [0, 0.1) is 11.6 Å². The number of carbonyl (C=O) groups excluding carboxylic acids is 1. The maximum Gasteiger partial charge on any atom is 0.276 e. The van der Waals surface area contributed by atoms with E-state index in [4.69, 9.17) is 0 Å². The number of halogens is 2. The fourth-order valence-electron chi connectivity index (χ4n) is 2.63. The molecule has 0 aliphatic rings. The third-order valence-electron chi connectivity index (χ3n) is 3.97. The lowest BCUT2D eigenvalue weighted by atomic mass is 10.2. The summed E-state index contributed by atoms with van der Waals surface area (Å²) in [7, 11) is 0. The Morgan fingerprint density at radius 3 is 2.54 bits per heavy atom. The Morgan fingerprint density at radius 1 is 0.893 bits per heavy atom. The van der Waals surface area contributed by atoms with E-state index in [0.29, 0.717) is 5.82 Å². The van der Waals surface area contributed by atoms with E-state index in [1.807, 2.05) is 30.3 Å². The summed E-state index contributed by atoms with van der Waals surface area (Å²) in [5.74, 6) is -2.19. The van der Waals surface area contributed by atoms with Crippen molar-refractivity contribution >= 4 is 34.0 Å². The summed E-state index contributed by atoms with van der Waals surface area (Å²) in [6.07, 6.45) is 1.70. The van der Waals surface area contributed by atoms with Crippen LogP contribution in [0.4, 0.5) is 26.0 Å². The van der Waals surface area contributed by atoms with E-state index >= 15 is 0 Å². The number of pyridine rings is 1. The first-order chi connectivity index (χ1) is 13.6. The molecule has 0 fully saturated rings. The predicted molar refractivity (Wildman–Crippen MR) is 101 cm³/mol. The number of hydrogen-bond donors (Lipinski definition) is 2. The van der Waals surface area contributed by atoms with Crippen LogP contribution in [-0.2, 0) is 0 Å². The third kappa shape index (κ3) is 3.61. The minimum atomic E-state index is -1.05. The Kier molecular flexibility index (Phi) is 4.59. The largest absolute Gasteiger partial charge is 0.337 e. The van der Waals surface area contributed by atoms with Gasteiger partial charge >= 0.3 is 0 Å². The molecule has 0 atom stereocenters. The second-order valence-corrected chi connectivity index (χ2v) is 5.89. The molecule has 0 saturated heterocycles. The van der Waals surface area contributed by atoms with Crippen molar-refractivity contribution in [2.45, 2.75) is 0 Å². The average Bonchev–Trinajstić information content (AvgIpc) is 2.71. The van der Waals surface area contributed by atoms with Crippen LogP contribution in [0.1, 0.15) is 10.5 Å². The van der Waals surface area contributed by atoms with Gasteiger partial charge in [-0.15, -0.1) is 10.2 Å². The molecule has 0 radical (unpaired) electrons. The molecule has 8 heteroatoms. The van der Waals surface area contributed by atoms with Gasteiger partial charge in [-0.2, -0.15) is 0 Å². The molecule has 4 aromatic rings. The van der Waals surface area contributed by atoms with Crippen LogP contribution >= 0.6 is 0 Å². The topological polar surface area (TPSA) is 79.8 Å². The van der Waals surface area contributed by atoms with Gasteiger partial charge in [-0.3, -0.25) is 9.78 Å². The van der Waals surface area contributed by atoms with Gasteiger partial charge in [-0.25, -0.2) is 8.78 Å². The van der Waals surface area contributed by atoms with Crippen LogP contribution in [0.2, 0.25) is 0 Å². The zero-order valence-corrected chi connectivity index (χ0v) is 14.4. The minimum absolute atomic E-state index is 0.0336. The molecule has 28 heavy (non-hydrogen) atoms. The van der Waals surface area contributed by atoms with Crippen LogP contribution in [0.15, 0.2) is 66.9 Å². The molecule has 138 valence electrons. The van der Waals surface area contributed by atoms with Gasteiger partial charge in [0, 0.05) is 23.3 Å². The number of aromatic nitrogens is 3. The van der Waals surface area contributed by atoms with Crippen molar-refractivity contribution in [3.05, 3.63) is 84.2 Å². The highest BCUT2D eigenvalue weighted by molar-refractivity contribution is 6.02. The standard InChI is InChI=1S/C20H13F2N5O/c21-14-7-6-13(11-15(14)22)24-20(28)17-8-9-18(27-26-17)25-16-5-1-3-12-4-2-10-23-19(12)16/h1-11H,(H,24,28)(H,25,27). The number of carbonyl (C=O) groups is 1. The number of nitrogens with zero attached hydrogens (tertiary/aromatic N) is 3. The molecule has 0 spiro atoms. The second-order valence-electron chi connectivity index (χ2n) is 5.89. The summed E-state index contributed by atoms with van der Waals surface area (Å²) in [4.78, 5) is 16.5. The Morgan fingerprint density at radius 2 is 1.75 bits per heavy atom. The highest BCUT2D eigenvalue weighted by atomic mass is 19.2. The number of hydrogen-bond acceptors (Lipinski definition) is 5. The van der Waals surface area contributed by atoms with Gasteiger partial charge in [-0.1, -0.05) is 18.2 Å². The van der Waals surface area contributed by atoms with E-state index < -0.39 is 17.5 Å². The van der Waals surface area contributed by atoms with Gasteiger partial charge < -0.3 is 10.6 Å². The Balaban J connectivity index is 1.50. The molecule has 2 aromatic carbocycles. The van der Waals surface area contributed by atoms with E-state index in [-0.39, 0.29) is 11.4 Å². The average molecular weight is 377 g/mol. The minimum Gasteiger partial charge on any atom is -0.337 e. The number of fused-ring (bicyclic) bond motifs is 1. The van der Waals surface area contributed by atoms with Gasteiger partial charge in [0.05, 0.1) is 11.2 Å². The summed E-state index contributed by atoms with van der Waals surface area (Å²) in [5, 5.41) is 14.4. The number of benzene rings is 2. The van der Waals surface area contributed by atoms with E-state index in [0.717, 1.165) is 28.7 Å². The highest BCUT2D eigenvalue weighted by Crippen LogP contribution is 2.23. The van der Waals surface area contributed by atoms with Crippen molar-refractivity contribution < 1.29 is 13.6 Å². The number of para-hydroxylation sites is 1. The van der Waals surface area contributed by atoms with Gasteiger partial charge in [-0.05, 0) is 36.4 Å². The summed E-state index contributed by atoms with van der Waals surface area (Å²) in [6.45, 7) is 0. The quantitative estimate of drug-likeness (QED) is 0.554. The van der Waals surface area contributed by atoms with E-state index in [2.05, 4.69) is 25.8 Å². The zero-order chi connectivity index (χ0) is 19.5. The fourth-order valence-corrected chi connectivity index (χ4v) is 2.63. The van der Waals surface area contributed by atoms with Gasteiger partial charge in [0.25, 0.3) is 5.91 Å². The molecule has 4 rings (SSSR count). The monoisotopic (exact) mass is 377 g/mol. The number of nitrogens with one attached hydrogen (secondary N) is 2. The molecule has 0 saturated carbocycles. The maximum absolute atomic E-state index is 13.2. The molecule has 0 aliphatic heterocycles. The van der Waals surface area contributed by atoms with Crippen LogP contribution in [0.5, 0.6) is 0 Å². The molecule has 0 aliphatic carbocycles. The first-order valence-electron chi connectivity index (χ1n) is 8.31. The molecule has 0 unspecified atom stereocenters. The molecule has 0 bridgehead atoms. The van der Waals surface area contributed by atoms with Crippen LogP contribution in [-0.4, -0.2) is 21.1 Å². The maximum atomic E-state index is 13.2. The smallest absolute Gasteiger partial charge is 0.276 e. The molecule has 2 aromatic heterocycles. The first-order valence-corrected chi connectivity index (χ1v) is 8.31. The van der Waals surface area contributed by atoms with Crippen molar-refractivity contribution in [3.8, 4) is 0 Å². The SMILES string of the molecule is O=C(Nc1ccc(F)c(F)c1)c1ccc(Nc2cccc3cccnc23)nn1. The highest BCUT2D eigenvalue weighted by Gasteiger charge is 2.11. The first kappa shape index (κ1) is 17.5. The Labute approximate surface area is 158 Å². The molecule has 1 amide bonds. The van der Waals surface area contributed by atoms with Crippen LogP contribution in [0.3, 0.4) is 0 Å². The summed E-state index contributed by atoms with van der Waals surface area (Å²) < 4.78 is 26.2. The van der Waals surface area contributed by atoms with E-state index in [1.165, 1.54) is 12.1 Å². The lowest BCUT2D eigenvalue weighted by Crippen LogP contribution is -2.14. The molecular formula is C20H13F2N5O. The van der Waals surface area contributed by atoms with E-state index in [1.54, 1.807) is 12.3 Å². The lowest BCUT2D eigenvalue weighted by Gasteiger charge is -2.08. The normalized spacial score (nSPS) is 10.6. The summed E-state index contributed by atoms with van der Waals surface area (Å²) in [5.41, 5.74) is 1.69. The Hall–Kier alpha value is -3.94. The second kappa shape index (κ2) is 7.36. The van der Waals surface area contributed by atoms with Gasteiger partial charge in [0.15, 0.2) is 23.1 Å². The van der Waals surface area contributed by atoms with Crippen molar-refractivity contribution in [3.63, 3.8) is 0 Å². The van der Waals surface area contributed by atoms with E-state index in [9.17, 15) is 13.6 Å². The van der Waals surface area contributed by atoms with Crippen molar-refractivity contribution in [2.24, 2.45) is 0 Å². The fraction of sp³-hybridized carbons (Fsp3) is 0. The van der Waals surface area contributed by atoms with Crippen molar-refractivity contribution in [1.29, 1.82) is 0 Å². The number of anilines is 3. The van der Waals surface area contributed by atoms with Gasteiger partial charge in [0.1, 0.15) is 0 Å². The van der Waals surface area contributed by atoms with Crippen molar-refractivity contribution in [1.82, 2.24) is 15.2 Å². The summed E-state index contributed by atoms with van der Waals surface area (Å²) in [6, 6.07) is 15.7. The Bertz CT molecular complexity index is 1160.